The van der Waals surface area contributed by atoms with Gasteiger partial charge in [0.15, 0.2) is 9.84 Å². The predicted molar refractivity (Wildman–Crippen MR) is 82.1 cm³/mol. The first-order valence-corrected chi connectivity index (χ1v) is 10.3. The Balaban J connectivity index is 1.39. The third-order valence-electron chi connectivity index (χ3n) is 6.15. The van der Waals surface area contributed by atoms with Crippen LogP contribution in [0, 0.1) is 17.8 Å². The lowest BCUT2D eigenvalue weighted by Gasteiger charge is -2.51. The molecule has 2 saturated carbocycles. The maximum absolute atomic E-state index is 12.5. The van der Waals surface area contributed by atoms with Gasteiger partial charge in [-0.1, -0.05) is 6.42 Å². The minimum absolute atomic E-state index is 0.0710. The molecule has 6 heteroatoms. The molecule has 0 unspecified atom stereocenters. The van der Waals surface area contributed by atoms with Crippen molar-refractivity contribution in [3.8, 4) is 0 Å². The highest BCUT2D eigenvalue weighted by Gasteiger charge is 2.62. The lowest BCUT2D eigenvalue weighted by atomic mass is 9.79. The summed E-state index contributed by atoms with van der Waals surface area (Å²) in [6, 6.07) is 0. The van der Waals surface area contributed by atoms with E-state index in [0.717, 1.165) is 25.9 Å². The van der Waals surface area contributed by atoms with Crippen LogP contribution < -0.4 is 0 Å². The van der Waals surface area contributed by atoms with Crippen molar-refractivity contribution in [2.24, 2.45) is 17.8 Å². The fourth-order valence-electron chi connectivity index (χ4n) is 4.04. The van der Waals surface area contributed by atoms with Gasteiger partial charge < -0.3 is 9.64 Å². The van der Waals surface area contributed by atoms with E-state index < -0.39 is 14.6 Å². The third kappa shape index (κ3) is 2.30. The van der Waals surface area contributed by atoms with Gasteiger partial charge in [-0.2, -0.15) is 0 Å². The number of nitrogens with zero attached hydrogens (tertiary/aromatic N) is 1. The number of rotatable bonds is 5. The first-order chi connectivity index (χ1) is 10.5. The van der Waals surface area contributed by atoms with Gasteiger partial charge in [-0.3, -0.25) is 4.79 Å². The number of ether oxygens (including phenoxy) is 1. The highest BCUT2D eigenvalue weighted by molar-refractivity contribution is 7.93. The van der Waals surface area contributed by atoms with Gasteiger partial charge in [-0.15, -0.1) is 0 Å². The summed E-state index contributed by atoms with van der Waals surface area (Å²) in [6.45, 7) is 2.13. The lowest BCUT2D eigenvalue weighted by Crippen LogP contribution is -2.69. The fourth-order valence-corrected chi connectivity index (χ4v) is 6.44. The van der Waals surface area contributed by atoms with Gasteiger partial charge in [0.2, 0.25) is 5.91 Å². The molecule has 0 N–H and O–H groups in total. The van der Waals surface area contributed by atoms with Crippen molar-refractivity contribution in [2.75, 3.05) is 32.1 Å². The van der Waals surface area contributed by atoms with Gasteiger partial charge in [0.05, 0.1) is 12.4 Å². The number of carbonyl (C=O) groups excluding carboxylic acids is 1. The summed E-state index contributed by atoms with van der Waals surface area (Å²) < 4.78 is 30.1. The summed E-state index contributed by atoms with van der Waals surface area (Å²) in [6.07, 6.45) is 6.27. The quantitative estimate of drug-likeness (QED) is 0.762. The van der Waals surface area contributed by atoms with Crippen molar-refractivity contribution in [2.45, 2.75) is 43.3 Å². The van der Waals surface area contributed by atoms with Crippen LogP contribution in [0.15, 0.2) is 0 Å². The van der Waals surface area contributed by atoms with Crippen LogP contribution in [0.1, 0.15) is 38.5 Å². The molecule has 0 aromatic rings. The van der Waals surface area contributed by atoms with E-state index in [1.165, 1.54) is 12.8 Å². The van der Waals surface area contributed by atoms with Gasteiger partial charge in [0.1, 0.15) is 4.75 Å². The second-order valence-electron chi connectivity index (χ2n) is 7.67. The van der Waals surface area contributed by atoms with Crippen molar-refractivity contribution in [1.82, 2.24) is 4.90 Å². The van der Waals surface area contributed by atoms with Crippen molar-refractivity contribution in [3.05, 3.63) is 0 Å². The smallest absolute Gasteiger partial charge is 0.225 e. The zero-order valence-electron chi connectivity index (χ0n) is 13.0. The van der Waals surface area contributed by atoms with E-state index in [4.69, 9.17) is 4.74 Å². The van der Waals surface area contributed by atoms with Gasteiger partial charge in [-0.05, 0) is 38.0 Å². The zero-order valence-corrected chi connectivity index (χ0v) is 13.8. The average molecular weight is 327 g/mol. The van der Waals surface area contributed by atoms with Crippen LogP contribution in [0.2, 0.25) is 0 Å². The Kier molecular flexibility index (Phi) is 3.53. The molecule has 4 rings (SSSR count). The SMILES string of the molecule is O=C(C1CCC1)N1CC2(C1)[C@H](COCC1CC1)CCS2(=O)=O. The van der Waals surface area contributed by atoms with E-state index in [9.17, 15) is 13.2 Å². The van der Waals surface area contributed by atoms with Gasteiger partial charge in [-0.25, -0.2) is 8.42 Å². The van der Waals surface area contributed by atoms with E-state index in [-0.39, 0.29) is 23.5 Å². The first kappa shape index (κ1) is 14.9. The fraction of sp³-hybridized carbons (Fsp3) is 0.938. The molecule has 4 fully saturated rings. The Morgan fingerprint density at radius 3 is 2.41 bits per heavy atom. The molecule has 124 valence electrons. The molecular weight excluding hydrogens is 302 g/mol. The molecule has 22 heavy (non-hydrogen) atoms. The van der Waals surface area contributed by atoms with Crippen molar-refractivity contribution in [3.63, 3.8) is 0 Å². The van der Waals surface area contributed by atoms with Crippen LogP contribution in [-0.2, 0) is 19.4 Å². The number of hydrogen-bond donors (Lipinski definition) is 0. The van der Waals surface area contributed by atoms with Crippen LogP contribution in [0.3, 0.4) is 0 Å². The van der Waals surface area contributed by atoms with E-state index in [2.05, 4.69) is 0 Å². The molecule has 0 bridgehead atoms. The van der Waals surface area contributed by atoms with E-state index in [0.29, 0.717) is 32.0 Å². The van der Waals surface area contributed by atoms with E-state index >= 15 is 0 Å². The summed E-state index contributed by atoms with van der Waals surface area (Å²) >= 11 is 0. The Bertz CT molecular complexity index is 559. The Labute approximate surface area is 132 Å². The van der Waals surface area contributed by atoms with Gasteiger partial charge in [0, 0.05) is 31.5 Å². The molecular formula is C16H25NO4S. The molecule has 2 aliphatic carbocycles. The van der Waals surface area contributed by atoms with Crippen molar-refractivity contribution >= 4 is 15.7 Å². The van der Waals surface area contributed by atoms with Gasteiger partial charge >= 0.3 is 0 Å². The number of amides is 1. The molecule has 1 spiro atoms. The second kappa shape index (κ2) is 5.20. The first-order valence-electron chi connectivity index (χ1n) is 8.61. The molecule has 0 aromatic heterocycles. The number of carbonyl (C=O) groups is 1. The minimum atomic E-state index is -3.09. The van der Waals surface area contributed by atoms with E-state index in [1.54, 1.807) is 4.90 Å². The maximum atomic E-state index is 12.5. The van der Waals surface area contributed by atoms with Crippen LogP contribution in [0.25, 0.3) is 0 Å². The molecule has 2 saturated heterocycles. The lowest BCUT2D eigenvalue weighted by molar-refractivity contribution is -0.145. The molecule has 1 amide bonds. The highest BCUT2D eigenvalue weighted by atomic mass is 32.2. The zero-order chi connectivity index (χ0) is 15.4. The minimum Gasteiger partial charge on any atom is -0.381 e. The van der Waals surface area contributed by atoms with Crippen LogP contribution in [-0.4, -0.2) is 56.0 Å². The Hall–Kier alpha value is -0.620. The highest BCUT2D eigenvalue weighted by Crippen LogP contribution is 2.46. The van der Waals surface area contributed by atoms with Crippen LogP contribution in [0.5, 0.6) is 0 Å². The molecule has 4 aliphatic rings. The Morgan fingerprint density at radius 1 is 1.09 bits per heavy atom. The standard InChI is InChI=1S/C16H25NO4S/c18-15(13-2-1-3-13)17-10-16(11-17)14(6-7-22(16,19)20)9-21-8-12-4-5-12/h12-14H,1-11H2/t14-/m0/s1. The summed E-state index contributed by atoms with van der Waals surface area (Å²) in [5.74, 6) is 1.37. The molecule has 0 aromatic carbocycles. The average Bonchev–Trinajstić information content (AvgIpc) is 3.10. The van der Waals surface area contributed by atoms with Gasteiger partial charge in [0.25, 0.3) is 0 Å². The van der Waals surface area contributed by atoms with Crippen LogP contribution in [0.4, 0.5) is 0 Å². The third-order valence-corrected chi connectivity index (χ3v) is 8.75. The number of sulfone groups is 1. The Morgan fingerprint density at radius 2 is 1.82 bits per heavy atom. The molecule has 5 nitrogen and oxygen atoms in total. The van der Waals surface area contributed by atoms with E-state index in [1.807, 2.05) is 0 Å². The summed E-state index contributed by atoms with van der Waals surface area (Å²) in [5.41, 5.74) is 0. The number of hydrogen-bond acceptors (Lipinski definition) is 4. The summed E-state index contributed by atoms with van der Waals surface area (Å²) in [5, 5.41) is 0. The number of likely N-dealkylation sites (tertiary alicyclic amines) is 1. The summed E-state index contributed by atoms with van der Waals surface area (Å²) in [4.78, 5) is 14.1. The second-order valence-corrected chi connectivity index (χ2v) is 10.1. The predicted octanol–water partition coefficient (Wildman–Crippen LogP) is 1.23. The largest absolute Gasteiger partial charge is 0.381 e. The molecule has 2 heterocycles. The molecule has 1 atom stereocenters. The van der Waals surface area contributed by atoms with Crippen LogP contribution >= 0.6 is 0 Å². The maximum Gasteiger partial charge on any atom is 0.225 e. The van der Waals surface area contributed by atoms with Crippen molar-refractivity contribution < 1.29 is 17.9 Å². The van der Waals surface area contributed by atoms with Crippen molar-refractivity contribution in [1.29, 1.82) is 0 Å². The normalized spacial score (nSPS) is 32.7. The topological polar surface area (TPSA) is 63.7 Å². The monoisotopic (exact) mass is 327 g/mol. The molecule has 2 aliphatic heterocycles. The molecule has 0 radical (unpaired) electrons. The summed E-state index contributed by atoms with van der Waals surface area (Å²) in [7, 11) is -3.09.